The molecule has 1 aliphatic rings. The van der Waals surface area contributed by atoms with Crippen LogP contribution in [0.2, 0.25) is 0 Å². The van der Waals surface area contributed by atoms with Crippen LogP contribution < -0.4 is 9.47 Å². The number of esters is 1. The number of hydrogen-bond acceptors (Lipinski definition) is 6. The van der Waals surface area contributed by atoms with Gasteiger partial charge in [-0.05, 0) is 38.1 Å². The van der Waals surface area contributed by atoms with Crippen LogP contribution >= 0.6 is 0 Å². The van der Waals surface area contributed by atoms with Crippen molar-refractivity contribution >= 4 is 18.0 Å². The molecule has 1 aromatic rings. The zero-order chi connectivity index (χ0) is 19.1. The third-order valence-electron chi connectivity index (χ3n) is 3.95. The topological polar surface area (TPSA) is 74.3 Å². The second kappa shape index (κ2) is 9.24. The molecule has 1 amide bonds. The van der Waals surface area contributed by atoms with Crippen LogP contribution in [0.5, 0.6) is 11.5 Å². The van der Waals surface area contributed by atoms with Crippen LogP contribution in [0.4, 0.5) is 0 Å². The average molecular weight is 363 g/mol. The molecular weight excluding hydrogens is 338 g/mol. The molecule has 0 aliphatic carbocycles. The SMILES string of the molecule is COc1ccc(OC)c(/C=C/C(=O)OCC(=O)N2C[C@@H](C)O[C@H](C)C2)c1. The molecule has 0 aromatic heterocycles. The maximum atomic E-state index is 12.2. The van der Waals surface area contributed by atoms with Gasteiger partial charge in [0.15, 0.2) is 6.61 Å². The first kappa shape index (κ1) is 19.8. The number of carbonyl (C=O) groups is 2. The van der Waals surface area contributed by atoms with E-state index in [4.69, 9.17) is 18.9 Å². The highest BCUT2D eigenvalue weighted by molar-refractivity contribution is 5.89. The fraction of sp³-hybridized carbons (Fsp3) is 0.474. The van der Waals surface area contributed by atoms with Crippen molar-refractivity contribution in [2.75, 3.05) is 33.9 Å². The molecular formula is C19H25NO6. The Kier molecular flexibility index (Phi) is 7.03. The summed E-state index contributed by atoms with van der Waals surface area (Å²) in [6.45, 7) is 4.52. The van der Waals surface area contributed by atoms with Crippen molar-refractivity contribution in [1.82, 2.24) is 4.90 Å². The molecule has 0 saturated carbocycles. The summed E-state index contributed by atoms with van der Waals surface area (Å²) in [7, 11) is 3.10. The largest absolute Gasteiger partial charge is 0.497 e. The second-order valence-corrected chi connectivity index (χ2v) is 6.10. The van der Waals surface area contributed by atoms with Crippen molar-refractivity contribution in [3.63, 3.8) is 0 Å². The molecule has 1 aliphatic heterocycles. The number of methoxy groups -OCH3 is 2. The maximum absolute atomic E-state index is 12.2. The Morgan fingerprint density at radius 3 is 2.50 bits per heavy atom. The molecule has 142 valence electrons. The summed E-state index contributed by atoms with van der Waals surface area (Å²) < 4.78 is 21.0. The summed E-state index contributed by atoms with van der Waals surface area (Å²) >= 11 is 0. The highest BCUT2D eigenvalue weighted by Crippen LogP contribution is 2.25. The van der Waals surface area contributed by atoms with Gasteiger partial charge < -0.3 is 23.8 Å². The van der Waals surface area contributed by atoms with E-state index >= 15 is 0 Å². The molecule has 0 radical (unpaired) electrons. The number of amides is 1. The van der Waals surface area contributed by atoms with Gasteiger partial charge in [-0.25, -0.2) is 4.79 Å². The van der Waals surface area contributed by atoms with Gasteiger partial charge in [-0.1, -0.05) is 0 Å². The van der Waals surface area contributed by atoms with Crippen molar-refractivity contribution in [1.29, 1.82) is 0 Å². The quantitative estimate of drug-likeness (QED) is 0.568. The zero-order valence-electron chi connectivity index (χ0n) is 15.6. The molecule has 2 rings (SSSR count). The van der Waals surface area contributed by atoms with Crippen LogP contribution in [0, 0.1) is 0 Å². The summed E-state index contributed by atoms with van der Waals surface area (Å²) in [5.41, 5.74) is 0.672. The zero-order valence-corrected chi connectivity index (χ0v) is 15.6. The number of morpholine rings is 1. The Morgan fingerprint density at radius 1 is 1.19 bits per heavy atom. The van der Waals surface area contributed by atoms with E-state index in [1.54, 1.807) is 43.4 Å². The standard InChI is InChI=1S/C19H25NO6/c1-13-10-20(11-14(2)26-13)18(21)12-25-19(22)8-5-15-9-16(23-3)6-7-17(15)24-4/h5-9,13-14H,10-12H2,1-4H3/b8-5+/t13-,14-/m1/s1. The van der Waals surface area contributed by atoms with Gasteiger partial charge in [0.05, 0.1) is 26.4 Å². The van der Waals surface area contributed by atoms with Crippen molar-refractivity contribution in [3.05, 3.63) is 29.8 Å². The van der Waals surface area contributed by atoms with Crippen LogP contribution in [0.25, 0.3) is 6.08 Å². The Morgan fingerprint density at radius 2 is 1.88 bits per heavy atom. The van der Waals surface area contributed by atoms with Crippen LogP contribution in [0.1, 0.15) is 19.4 Å². The lowest BCUT2D eigenvalue weighted by atomic mass is 10.1. The lowest BCUT2D eigenvalue weighted by molar-refractivity contribution is -0.154. The fourth-order valence-corrected chi connectivity index (χ4v) is 2.78. The summed E-state index contributed by atoms with van der Waals surface area (Å²) in [4.78, 5) is 25.7. The number of ether oxygens (including phenoxy) is 4. The van der Waals surface area contributed by atoms with E-state index in [-0.39, 0.29) is 24.7 Å². The number of benzene rings is 1. The molecule has 7 heteroatoms. The molecule has 0 N–H and O–H groups in total. The van der Waals surface area contributed by atoms with Crippen LogP contribution in [0.3, 0.4) is 0 Å². The molecule has 7 nitrogen and oxygen atoms in total. The highest BCUT2D eigenvalue weighted by atomic mass is 16.5. The van der Waals surface area contributed by atoms with Gasteiger partial charge >= 0.3 is 5.97 Å². The van der Waals surface area contributed by atoms with Crippen molar-refractivity contribution in [3.8, 4) is 11.5 Å². The van der Waals surface area contributed by atoms with Gasteiger partial charge in [0, 0.05) is 24.7 Å². The normalized spacial score (nSPS) is 20.1. The highest BCUT2D eigenvalue weighted by Gasteiger charge is 2.26. The first-order chi connectivity index (χ1) is 12.4. The third kappa shape index (κ3) is 5.49. The minimum atomic E-state index is -0.599. The number of rotatable bonds is 6. The lowest BCUT2D eigenvalue weighted by Crippen LogP contribution is -2.49. The summed E-state index contributed by atoms with van der Waals surface area (Å²) in [5, 5.41) is 0. The van der Waals surface area contributed by atoms with Crippen molar-refractivity contribution in [2.24, 2.45) is 0 Å². The van der Waals surface area contributed by atoms with Crippen LogP contribution in [0.15, 0.2) is 24.3 Å². The van der Waals surface area contributed by atoms with Crippen LogP contribution in [-0.2, 0) is 19.1 Å². The fourth-order valence-electron chi connectivity index (χ4n) is 2.78. The van der Waals surface area contributed by atoms with E-state index in [1.807, 2.05) is 13.8 Å². The number of hydrogen-bond donors (Lipinski definition) is 0. The monoisotopic (exact) mass is 363 g/mol. The minimum Gasteiger partial charge on any atom is -0.497 e. The van der Waals surface area contributed by atoms with E-state index in [0.717, 1.165) is 0 Å². The summed E-state index contributed by atoms with van der Waals surface area (Å²) in [6, 6.07) is 5.25. The smallest absolute Gasteiger partial charge is 0.331 e. The van der Waals surface area contributed by atoms with Crippen molar-refractivity contribution < 1.29 is 28.5 Å². The molecule has 26 heavy (non-hydrogen) atoms. The first-order valence-electron chi connectivity index (χ1n) is 8.43. The summed E-state index contributed by atoms with van der Waals surface area (Å²) in [5.74, 6) is 0.414. The number of nitrogens with zero attached hydrogens (tertiary/aromatic N) is 1. The Bertz CT molecular complexity index is 662. The Hall–Kier alpha value is -2.54. The molecule has 2 atom stereocenters. The molecule has 0 unspecified atom stereocenters. The second-order valence-electron chi connectivity index (χ2n) is 6.10. The average Bonchev–Trinajstić information content (AvgIpc) is 2.63. The van der Waals surface area contributed by atoms with Gasteiger partial charge in [-0.3, -0.25) is 4.79 Å². The van der Waals surface area contributed by atoms with Gasteiger partial charge in [-0.2, -0.15) is 0 Å². The predicted octanol–water partition coefficient (Wildman–Crippen LogP) is 1.90. The van der Waals surface area contributed by atoms with Gasteiger partial charge in [-0.15, -0.1) is 0 Å². The van der Waals surface area contributed by atoms with Crippen LogP contribution in [-0.4, -0.2) is 62.9 Å². The molecule has 1 heterocycles. The van der Waals surface area contributed by atoms with Gasteiger partial charge in [0.25, 0.3) is 5.91 Å². The van der Waals surface area contributed by atoms with Crippen molar-refractivity contribution in [2.45, 2.75) is 26.1 Å². The maximum Gasteiger partial charge on any atom is 0.331 e. The Labute approximate surface area is 153 Å². The minimum absolute atomic E-state index is 0.0289. The molecule has 1 saturated heterocycles. The van der Waals surface area contributed by atoms with Gasteiger partial charge in [0.1, 0.15) is 11.5 Å². The molecule has 0 spiro atoms. The van der Waals surface area contributed by atoms with Gasteiger partial charge in [0.2, 0.25) is 0 Å². The van der Waals surface area contributed by atoms with E-state index in [1.165, 1.54) is 6.08 Å². The van der Waals surface area contributed by atoms with E-state index in [0.29, 0.717) is 30.2 Å². The predicted molar refractivity (Wildman–Crippen MR) is 96.1 cm³/mol. The Balaban J connectivity index is 1.90. The number of carbonyl (C=O) groups excluding carboxylic acids is 2. The third-order valence-corrected chi connectivity index (χ3v) is 3.95. The lowest BCUT2D eigenvalue weighted by Gasteiger charge is -2.35. The van der Waals surface area contributed by atoms with E-state index in [2.05, 4.69) is 0 Å². The summed E-state index contributed by atoms with van der Waals surface area (Å²) in [6.07, 6.45) is 2.76. The van der Waals surface area contributed by atoms with E-state index < -0.39 is 5.97 Å². The van der Waals surface area contributed by atoms with E-state index in [9.17, 15) is 9.59 Å². The first-order valence-corrected chi connectivity index (χ1v) is 8.43. The molecule has 0 bridgehead atoms. The molecule has 1 aromatic carbocycles. The molecule has 1 fully saturated rings.